The van der Waals surface area contributed by atoms with Crippen LogP contribution >= 0.6 is 34.8 Å². The summed E-state index contributed by atoms with van der Waals surface area (Å²) in [6.07, 6.45) is 0. The number of halogens is 3. The molecule has 4 rings (SSSR count). The average molecular weight is 560 g/mol. The fraction of sp³-hybridized carbons (Fsp3) is 0.143. The summed E-state index contributed by atoms with van der Waals surface area (Å²) in [6, 6.07) is 11.1. The molecule has 0 saturated carbocycles. The van der Waals surface area contributed by atoms with Crippen LogP contribution < -0.4 is 3.71 Å². The van der Waals surface area contributed by atoms with E-state index in [1.807, 2.05) is 0 Å². The van der Waals surface area contributed by atoms with Crippen molar-refractivity contribution in [3.05, 3.63) is 74.7 Å². The largest absolute Gasteiger partial charge is 0.278 e. The summed E-state index contributed by atoms with van der Waals surface area (Å²) >= 11 is 18.9. The molecule has 0 N–H and O–H groups in total. The summed E-state index contributed by atoms with van der Waals surface area (Å²) in [5, 5.41) is 8.40. The van der Waals surface area contributed by atoms with Gasteiger partial charge in [0.15, 0.2) is 0 Å². The summed E-state index contributed by atoms with van der Waals surface area (Å²) in [6.45, 7) is 2.97. The van der Waals surface area contributed by atoms with Crippen LogP contribution in [-0.2, 0) is 27.1 Å². The van der Waals surface area contributed by atoms with E-state index in [-0.39, 0.29) is 47.2 Å². The molecule has 13 heteroatoms. The van der Waals surface area contributed by atoms with Crippen molar-refractivity contribution in [2.24, 2.45) is 7.05 Å². The molecule has 0 radical (unpaired) electrons. The van der Waals surface area contributed by atoms with Gasteiger partial charge in [-0.2, -0.15) is 35.5 Å². The van der Waals surface area contributed by atoms with Crippen LogP contribution in [-0.4, -0.2) is 31.8 Å². The average Bonchev–Trinajstić information content (AvgIpc) is 3.14. The zero-order chi connectivity index (χ0) is 25.0. The minimum Gasteiger partial charge on any atom is -0.200 e. The first-order chi connectivity index (χ1) is 15.9. The van der Waals surface area contributed by atoms with Gasteiger partial charge in [-0.3, -0.25) is 0 Å². The van der Waals surface area contributed by atoms with E-state index in [0.717, 1.165) is 0 Å². The molecule has 0 atom stereocenters. The van der Waals surface area contributed by atoms with E-state index >= 15 is 0 Å². The Morgan fingerprint density at radius 1 is 0.765 bits per heavy atom. The molecule has 0 bridgehead atoms. The molecule has 4 aromatic rings. The minimum atomic E-state index is -4.75. The Morgan fingerprint density at radius 3 is 1.76 bits per heavy atom. The van der Waals surface area contributed by atoms with Crippen LogP contribution in [0.15, 0.2) is 58.3 Å². The van der Waals surface area contributed by atoms with Gasteiger partial charge in [-0.25, -0.2) is 0 Å². The first kappa shape index (κ1) is 24.7. The molecule has 0 fully saturated rings. The molecule has 34 heavy (non-hydrogen) atoms. The number of fused-ring (bicyclic) bond motifs is 1. The van der Waals surface area contributed by atoms with E-state index in [0.29, 0.717) is 9.23 Å². The van der Waals surface area contributed by atoms with Crippen LogP contribution in [0.5, 0.6) is 0 Å². The zero-order valence-corrected chi connectivity index (χ0v) is 21.9. The monoisotopic (exact) mass is 558 g/mol. The number of anilines is 1. The van der Waals surface area contributed by atoms with Crippen molar-refractivity contribution >= 4 is 71.6 Å². The second kappa shape index (κ2) is 8.69. The summed E-state index contributed by atoms with van der Waals surface area (Å²) in [5.74, 6) is 0. The molecule has 0 aliphatic heterocycles. The highest BCUT2D eigenvalue weighted by Crippen LogP contribution is 2.40. The Kier molecular flexibility index (Phi) is 6.32. The molecule has 8 nitrogen and oxygen atoms in total. The standard InChI is InChI=1S/C21H17Cl3N4O4S2/c1-12-14(22)6-4-8-18(12)33(29,30)28(34(31,32)19-9-5-7-15(23)13(19)2)17-11-10-16-21(20(17)24)26-27(3)25-16/h4-11H,1-3H3. The van der Waals surface area contributed by atoms with Gasteiger partial charge in [0.1, 0.15) is 11.0 Å². The van der Waals surface area contributed by atoms with Gasteiger partial charge in [-0.1, -0.05) is 46.9 Å². The van der Waals surface area contributed by atoms with Crippen molar-refractivity contribution in [2.45, 2.75) is 23.6 Å². The fourth-order valence-electron chi connectivity index (χ4n) is 3.48. The van der Waals surface area contributed by atoms with E-state index < -0.39 is 20.0 Å². The Hall–Kier alpha value is -2.37. The lowest BCUT2D eigenvalue weighted by molar-refractivity contribution is 0.583. The number of sulfonamides is 2. The molecule has 0 amide bonds. The van der Waals surface area contributed by atoms with Crippen molar-refractivity contribution in [1.82, 2.24) is 15.0 Å². The van der Waals surface area contributed by atoms with Crippen LogP contribution in [0.2, 0.25) is 15.1 Å². The highest BCUT2D eigenvalue weighted by atomic mass is 35.5. The number of nitrogens with zero attached hydrogens (tertiary/aromatic N) is 4. The molecule has 1 aromatic heterocycles. The quantitative estimate of drug-likeness (QED) is 0.336. The van der Waals surface area contributed by atoms with Crippen molar-refractivity contribution < 1.29 is 16.8 Å². The van der Waals surface area contributed by atoms with Gasteiger partial charge in [0, 0.05) is 17.1 Å². The van der Waals surface area contributed by atoms with Crippen LogP contribution in [0.4, 0.5) is 5.69 Å². The predicted octanol–water partition coefficient (Wildman–Crippen LogP) is 5.13. The second-order valence-corrected chi connectivity index (χ2v) is 12.3. The second-order valence-electron chi connectivity index (χ2n) is 7.39. The first-order valence-corrected chi connectivity index (χ1v) is 13.7. The molecule has 178 valence electrons. The zero-order valence-electron chi connectivity index (χ0n) is 18.0. The number of rotatable bonds is 5. The SMILES string of the molecule is Cc1c(Cl)cccc1S(=O)(=O)N(c1ccc2nn(C)nc2c1Cl)S(=O)(=O)c1cccc(Cl)c1C. The summed E-state index contributed by atoms with van der Waals surface area (Å²) < 4.78 is 56.2. The molecule has 0 aliphatic carbocycles. The van der Waals surface area contributed by atoms with Crippen LogP contribution in [0.1, 0.15) is 11.1 Å². The Morgan fingerprint density at radius 2 is 1.26 bits per heavy atom. The van der Waals surface area contributed by atoms with Gasteiger partial charge in [-0.05, 0) is 61.4 Å². The predicted molar refractivity (Wildman–Crippen MR) is 133 cm³/mol. The third-order valence-corrected chi connectivity index (χ3v) is 10.8. The number of aromatic nitrogens is 3. The Labute approximate surface area is 211 Å². The number of hydrogen-bond donors (Lipinski definition) is 0. The van der Waals surface area contributed by atoms with Crippen molar-refractivity contribution in [2.75, 3.05) is 3.71 Å². The maximum atomic E-state index is 14.0. The van der Waals surface area contributed by atoms with Crippen molar-refractivity contribution in [3.63, 3.8) is 0 Å². The maximum Gasteiger partial charge on any atom is 0.278 e. The lowest BCUT2D eigenvalue weighted by Gasteiger charge is -2.26. The van der Waals surface area contributed by atoms with E-state index in [2.05, 4.69) is 10.2 Å². The molecule has 1 heterocycles. The van der Waals surface area contributed by atoms with Crippen LogP contribution in [0, 0.1) is 13.8 Å². The fourth-order valence-corrected chi connectivity index (χ4v) is 8.52. The molecule has 3 aromatic carbocycles. The Balaban J connectivity index is 2.10. The molecular weight excluding hydrogens is 543 g/mol. The van der Waals surface area contributed by atoms with Gasteiger partial charge >= 0.3 is 0 Å². The van der Waals surface area contributed by atoms with Crippen molar-refractivity contribution in [1.29, 1.82) is 0 Å². The third kappa shape index (κ3) is 3.93. The van der Waals surface area contributed by atoms with E-state index in [9.17, 15) is 16.8 Å². The number of benzene rings is 3. The lowest BCUT2D eigenvalue weighted by atomic mass is 10.2. The lowest BCUT2D eigenvalue weighted by Crippen LogP contribution is -2.38. The third-order valence-electron chi connectivity index (χ3n) is 5.20. The normalized spacial score (nSPS) is 12.3. The van der Waals surface area contributed by atoms with Gasteiger partial charge in [0.25, 0.3) is 20.0 Å². The van der Waals surface area contributed by atoms with Gasteiger partial charge < -0.3 is 0 Å². The Bertz CT molecular complexity index is 1590. The van der Waals surface area contributed by atoms with Gasteiger partial charge in [-0.15, -0.1) is 0 Å². The van der Waals surface area contributed by atoms with E-state index in [4.69, 9.17) is 34.8 Å². The summed E-state index contributed by atoms with van der Waals surface area (Å²) in [7, 11) is -7.94. The van der Waals surface area contributed by atoms with Crippen LogP contribution in [0.25, 0.3) is 11.0 Å². The molecule has 0 spiro atoms. The molecular formula is C21H17Cl3N4O4S2. The number of hydrogen-bond acceptors (Lipinski definition) is 6. The van der Waals surface area contributed by atoms with Gasteiger partial charge in [0.05, 0.1) is 20.5 Å². The smallest absolute Gasteiger partial charge is 0.200 e. The summed E-state index contributed by atoms with van der Waals surface area (Å²) in [4.78, 5) is 0.660. The van der Waals surface area contributed by atoms with Crippen LogP contribution in [0.3, 0.4) is 0 Å². The maximum absolute atomic E-state index is 14.0. The van der Waals surface area contributed by atoms with E-state index in [1.165, 1.54) is 67.2 Å². The highest BCUT2D eigenvalue weighted by Gasteiger charge is 2.40. The number of aryl methyl sites for hydroxylation is 1. The first-order valence-electron chi connectivity index (χ1n) is 9.67. The van der Waals surface area contributed by atoms with Gasteiger partial charge in [0.2, 0.25) is 0 Å². The summed E-state index contributed by atoms with van der Waals surface area (Å²) in [5.41, 5.74) is 0.563. The van der Waals surface area contributed by atoms with E-state index in [1.54, 1.807) is 7.05 Å². The molecule has 0 unspecified atom stereocenters. The minimum absolute atomic E-state index is 0.141. The molecule has 0 aliphatic rings. The topological polar surface area (TPSA) is 102 Å². The highest BCUT2D eigenvalue weighted by molar-refractivity contribution is 8.10. The molecule has 0 saturated heterocycles. The van der Waals surface area contributed by atoms with Crippen molar-refractivity contribution in [3.8, 4) is 0 Å².